The van der Waals surface area contributed by atoms with Crippen LogP contribution in [0.2, 0.25) is 0 Å². The van der Waals surface area contributed by atoms with Crippen LogP contribution in [0.25, 0.3) is 10.9 Å². The van der Waals surface area contributed by atoms with Crippen LogP contribution in [0, 0.1) is 0 Å². The number of nitrogen functional groups attached to an aromatic ring is 1. The monoisotopic (exact) mass is 387 g/mol. The Bertz CT molecular complexity index is 770. The molecule has 2 aromatic carbocycles. The van der Waals surface area contributed by atoms with Crippen LogP contribution >= 0.6 is 9.47 Å². The molecule has 146 valence electrons. The van der Waals surface area contributed by atoms with Gasteiger partial charge in [0.05, 0.1) is 36.3 Å². The number of methoxy groups -OCH3 is 1. The minimum Gasteiger partial charge on any atom is -0.396 e. The first-order valence-corrected chi connectivity index (χ1v) is 9.45. The van der Waals surface area contributed by atoms with Crippen molar-refractivity contribution >= 4 is 31.7 Å². The fourth-order valence-corrected chi connectivity index (χ4v) is 2.45. The van der Waals surface area contributed by atoms with Gasteiger partial charge in [-0.3, -0.25) is 4.98 Å². The van der Waals surface area contributed by atoms with Crippen molar-refractivity contribution in [1.82, 2.24) is 4.98 Å². The summed E-state index contributed by atoms with van der Waals surface area (Å²) in [7, 11) is 3.92. The third kappa shape index (κ3) is 7.92. The number of rotatable bonds is 6. The van der Waals surface area contributed by atoms with Crippen LogP contribution in [0.3, 0.4) is 0 Å². The standard InChI is InChI=1S/C11H14N3OP.C8H10O.C2H6/c12-9-7-14-10-4-2-1-3-8(10)11(9)13-5-6-15-16;1-9-7-8-5-3-2-4-6-8;1-2/h1-4,7H,5-6,12,16H2,(H,13,14);2-6H,7H2,1H3;1-2H3. The zero-order valence-corrected chi connectivity index (χ0v) is 17.5. The summed E-state index contributed by atoms with van der Waals surface area (Å²) in [4.78, 5) is 4.27. The van der Waals surface area contributed by atoms with E-state index in [4.69, 9.17) is 15.0 Å². The minimum absolute atomic E-state index is 0.612. The summed E-state index contributed by atoms with van der Waals surface area (Å²) in [6.45, 7) is 6.03. The summed E-state index contributed by atoms with van der Waals surface area (Å²) in [6, 6.07) is 18.0. The molecule has 3 aromatic rings. The summed E-state index contributed by atoms with van der Waals surface area (Å²) in [5, 5.41) is 4.29. The summed E-state index contributed by atoms with van der Waals surface area (Å²) in [5.41, 5.74) is 9.63. The van der Waals surface area contributed by atoms with Gasteiger partial charge in [-0.05, 0) is 11.6 Å². The highest BCUT2D eigenvalue weighted by molar-refractivity contribution is 7.09. The molecule has 0 radical (unpaired) electrons. The number of pyridine rings is 1. The number of benzene rings is 2. The lowest BCUT2D eigenvalue weighted by atomic mass is 10.1. The van der Waals surface area contributed by atoms with E-state index in [1.165, 1.54) is 5.56 Å². The van der Waals surface area contributed by atoms with E-state index in [1.54, 1.807) is 13.3 Å². The van der Waals surface area contributed by atoms with Gasteiger partial charge in [0.25, 0.3) is 0 Å². The van der Waals surface area contributed by atoms with Gasteiger partial charge < -0.3 is 20.3 Å². The Morgan fingerprint density at radius 2 is 1.70 bits per heavy atom. The van der Waals surface area contributed by atoms with E-state index in [-0.39, 0.29) is 0 Å². The Balaban J connectivity index is 0.000000282. The molecule has 1 heterocycles. The van der Waals surface area contributed by atoms with Gasteiger partial charge in [0, 0.05) is 28.5 Å². The number of fused-ring (bicyclic) bond motifs is 1. The highest BCUT2D eigenvalue weighted by Gasteiger charge is 2.04. The zero-order chi connectivity index (χ0) is 19.9. The number of nitrogens with two attached hydrogens (primary N) is 1. The molecule has 0 fully saturated rings. The van der Waals surface area contributed by atoms with Crippen molar-refractivity contribution in [2.45, 2.75) is 20.5 Å². The fraction of sp³-hybridized carbons (Fsp3) is 0.286. The summed E-state index contributed by atoms with van der Waals surface area (Å²) in [5.74, 6) is 0. The average Bonchev–Trinajstić information content (AvgIpc) is 2.73. The number of hydrogen-bond acceptors (Lipinski definition) is 5. The quantitative estimate of drug-likeness (QED) is 0.465. The fourth-order valence-electron chi connectivity index (χ4n) is 2.33. The Morgan fingerprint density at radius 1 is 1.04 bits per heavy atom. The van der Waals surface area contributed by atoms with Crippen molar-refractivity contribution in [3.05, 3.63) is 66.4 Å². The van der Waals surface area contributed by atoms with Crippen molar-refractivity contribution in [3.63, 3.8) is 0 Å². The average molecular weight is 387 g/mol. The van der Waals surface area contributed by atoms with Crippen LogP contribution in [0.15, 0.2) is 60.8 Å². The minimum atomic E-state index is 0.612. The second kappa shape index (κ2) is 13.9. The molecule has 1 atom stereocenters. The van der Waals surface area contributed by atoms with Crippen molar-refractivity contribution in [2.75, 3.05) is 31.3 Å². The number of nitrogens with zero attached hydrogens (tertiary/aromatic N) is 1. The highest BCUT2D eigenvalue weighted by Crippen LogP contribution is 2.27. The third-order valence-electron chi connectivity index (χ3n) is 3.48. The highest BCUT2D eigenvalue weighted by atomic mass is 31.0. The van der Waals surface area contributed by atoms with Gasteiger partial charge in [-0.25, -0.2) is 0 Å². The number of para-hydroxylation sites is 1. The van der Waals surface area contributed by atoms with Crippen LogP contribution in [-0.2, 0) is 15.9 Å². The van der Waals surface area contributed by atoms with Gasteiger partial charge >= 0.3 is 0 Å². The molecule has 27 heavy (non-hydrogen) atoms. The van der Waals surface area contributed by atoms with Gasteiger partial charge in [0.15, 0.2) is 0 Å². The van der Waals surface area contributed by atoms with E-state index in [0.717, 1.165) is 16.6 Å². The van der Waals surface area contributed by atoms with Crippen molar-refractivity contribution in [1.29, 1.82) is 0 Å². The van der Waals surface area contributed by atoms with Crippen molar-refractivity contribution in [3.8, 4) is 0 Å². The van der Waals surface area contributed by atoms with Gasteiger partial charge in [-0.15, -0.1) is 0 Å². The Morgan fingerprint density at radius 3 is 2.37 bits per heavy atom. The number of anilines is 2. The molecule has 5 nitrogen and oxygen atoms in total. The molecule has 1 aromatic heterocycles. The topological polar surface area (TPSA) is 69.4 Å². The molecule has 0 aliphatic rings. The maximum Gasteiger partial charge on any atom is 0.0743 e. The predicted octanol–water partition coefficient (Wildman–Crippen LogP) is 4.89. The first-order chi connectivity index (χ1) is 13.3. The molecule has 6 heteroatoms. The van der Waals surface area contributed by atoms with Crippen LogP contribution in [0.1, 0.15) is 19.4 Å². The predicted molar refractivity (Wildman–Crippen MR) is 119 cm³/mol. The number of ether oxygens (including phenoxy) is 1. The number of nitrogens with one attached hydrogen (secondary N) is 1. The second-order valence-electron chi connectivity index (χ2n) is 5.32. The Labute approximate surface area is 164 Å². The molecular formula is C21H30N3O2P. The molecule has 3 rings (SSSR count). The Hall–Kier alpha value is -2.20. The van der Waals surface area contributed by atoms with Gasteiger partial charge in [-0.2, -0.15) is 0 Å². The molecule has 0 amide bonds. The smallest absolute Gasteiger partial charge is 0.0743 e. The van der Waals surface area contributed by atoms with E-state index in [1.807, 2.05) is 68.4 Å². The van der Waals surface area contributed by atoms with Crippen molar-refractivity contribution < 1.29 is 9.26 Å². The first kappa shape index (κ1) is 22.8. The number of aromatic nitrogens is 1. The van der Waals surface area contributed by atoms with E-state index in [0.29, 0.717) is 25.4 Å². The van der Waals surface area contributed by atoms with Gasteiger partial charge in [0.2, 0.25) is 0 Å². The maximum absolute atomic E-state index is 5.90. The van der Waals surface area contributed by atoms with Gasteiger partial charge in [0.1, 0.15) is 0 Å². The van der Waals surface area contributed by atoms with Crippen LogP contribution in [-0.4, -0.2) is 25.2 Å². The molecule has 1 unspecified atom stereocenters. The molecular weight excluding hydrogens is 357 g/mol. The first-order valence-electron chi connectivity index (χ1n) is 8.98. The normalized spacial score (nSPS) is 9.63. The summed E-state index contributed by atoms with van der Waals surface area (Å²) in [6.07, 6.45) is 1.67. The third-order valence-corrected chi connectivity index (χ3v) is 3.72. The lowest BCUT2D eigenvalue weighted by Crippen LogP contribution is -2.08. The van der Waals surface area contributed by atoms with E-state index >= 15 is 0 Å². The van der Waals surface area contributed by atoms with Gasteiger partial charge in [-0.1, -0.05) is 62.4 Å². The zero-order valence-electron chi connectivity index (χ0n) is 16.3. The summed E-state index contributed by atoms with van der Waals surface area (Å²) < 4.78 is 9.84. The molecule has 0 bridgehead atoms. The van der Waals surface area contributed by atoms with E-state index < -0.39 is 0 Å². The van der Waals surface area contributed by atoms with Crippen LogP contribution in [0.4, 0.5) is 11.4 Å². The maximum atomic E-state index is 5.90. The lowest BCUT2D eigenvalue weighted by molar-refractivity contribution is 0.185. The van der Waals surface area contributed by atoms with Crippen LogP contribution < -0.4 is 11.1 Å². The Kier molecular flexibility index (Phi) is 11.8. The second-order valence-corrected chi connectivity index (χ2v) is 5.66. The van der Waals surface area contributed by atoms with E-state index in [2.05, 4.69) is 19.8 Å². The molecule has 3 N–H and O–H groups in total. The largest absolute Gasteiger partial charge is 0.396 e. The summed E-state index contributed by atoms with van der Waals surface area (Å²) >= 11 is 0. The van der Waals surface area contributed by atoms with Crippen molar-refractivity contribution in [2.24, 2.45) is 0 Å². The SMILES string of the molecule is CC.COCc1ccccc1.Nc1cnc2ccccc2c1NCCOP. The molecule has 0 saturated carbocycles. The van der Waals surface area contributed by atoms with Crippen LogP contribution in [0.5, 0.6) is 0 Å². The molecule has 0 aliphatic heterocycles. The molecule has 0 spiro atoms. The molecule has 0 saturated heterocycles. The number of hydrogen-bond donors (Lipinski definition) is 2. The van der Waals surface area contributed by atoms with E-state index in [9.17, 15) is 0 Å². The molecule has 0 aliphatic carbocycles. The lowest BCUT2D eigenvalue weighted by Gasteiger charge is -2.11.